The van der Waals surface area contributed by atoms with Crippen LogP contribution < -0.4 is 16.7 Å². The number of imidazole rings is 1. The molecule has 5 N–H and O–H groups in total. The zero-order valence-electron chi connectivity index (χ0n) is 10.3. The van der Waals surface area contributed by atoms with Crippen molar-refractivity contribution in [2.24, 2.45) is 5.73 Å². The average molecular weight is 248 g/mol. The lowest BCUT2D eigenvalue weighted by molar-refractivity contribution is -0.122. The van der Waals surface area contributed by atoms with Crippen LogP contribution in [0.3, 0.4) is 0 Å². The maximum absolute atomic E-state index is 11.5. The molecule has 1 amide bonds. The van der Waals surface area contributed by atoms with Gasteiger partial charge in [-0.25, -0.2) is 4.79 Å². The van der Waals surface area contributed by atoms with Crippen LogP contribution in [0.15, 0.2) is 23.0 Å². The van der Waals surface area contributed by atoms with E-state index in [1.807, 2.05) is 19.1 Å². The van der Waals surface area contributed by atoms with E-state index in [0.717, 1.165) is 16.6 Å². The van der Waals surface area contributed by atoms with Crippen LogP contribution in [0.4, 0.5) is 0 Å². The van der Waals surface area contributed by atoms with E-state index in [1.54, 1.807) is 13.0 Å². The Labute approximate surface area is 104 Å². The summed E-state index contributed by atoms with van der Waals surface area (Å²) in [6.07, 6.45) is 0. The molecule has 2 atom stereocenters. The van der Waals surface area contributed by atoms with Crippen LogP contribution in [0.5, 0.6) is 0 Å². The van der Waals surface area contributed by atoms with Crippen molar-refractivity contribution < 1.29 is 4.79 Å². The molecule has 0 saturated carbocycles. The zero-order valence-corrected chi connectivity index (χ0v) is 10.3. The monoisotopic (exact) mass is 248 g/mol. The van der Waals surface area contributed by atoms with E-state index in [2.05, 4.69) is 15.3 Å². The van der Waals surface area contributed by atoms with E-state index < -0.39 is 6.04 Å². The van der Waals surface area contributed by atoms with Crippen molar-refractivity contribution in [2.45, 2.75) is 25.9 Å². The second-order valence-corrected chi connectivity index (χ2v) is 4.40. The number of aromatic nitrogens is 2. The molecule has 0 fully saturated rings. The Hall–Kier alpha value is -2.08. The molecule has 1 heterocycles. The standard InChI is InChI=1S/C12H16N4O2/c1-6(13)11(17)14-7(2)8-3-4-9-10(5-8)16-12(18)15-9/h3-7H,13H2,1-2H3,(H,14,17)(H2,15,16,18)/t6-,7?/m0/s1. The minimum Gasteiger partial charge on any atom is -0.348 e. The van der Waals surface area contributed by atoms with Crippen molar-refractivity contribution in [3.05, 3.63) is 34.2 Å². The van der Waals surface area contributed by atoms with Crippen LogP contribution in [0.1, 0.15) is 25.5 Å². The third-order valence-electron chi connectivity index (χ3n) is 2.81. The summed E-state index contributed by atoms with van der Waals surface area (Å²) in [6.45, 7) is 3.50. The van der Waals surface area contributed by atoms with Gasteiger partial charge in [0.25, 0.3) is 0 Å². The molecule has 1 aromatic heterocycles. The molecule has 2 rings (SSSR count). The highest BCUT2D eigenvalue weighted by Gasteiger charge is 2.13. The number of nitrogens with two attached hydrogens (primary N) is 1. The van der Waals surface area contributed by atoms with Crippen molar-refractivity contribution in [1.82, 2.24) is 15.3 Å². The molecule has 0 aliphatic heterocycles. The lowest BCUT2D eigenvalue weighted by Crippen LogP contribution is -2.39. The van der Waals surface area contributed by atoms with E-state index in [1.165, 1.54) is 0 Å². The van der Waals surface area contributed by atoms with Gasteiger partial charge < -0.3 is 21.0 Å². The first-order valence-corrected chi connectivity index (χ1v) is 5.75. The first kappa shape index (κ1) is 12.4. The van der Waals surface area contributed by atoms with Crippen LogP contribution in [0, 0.1) is 0 Å². The molecule has 0 saturated heterocycles. The van der Waals surface area contributed by atoms with Crippen molar-refractivity contribution in [3.8, 4) is 0 Å². The van der Waals surface area contributed by atoms with E-state index in [4.69, 9.17) is 5.73 Å². The Morgan fingerprint density at radius 1 is 1.28 bits per heavy atom. The third kappa shape index (κ3) is 2.43. The number of amides is 1. The molecule has 1 aromatic carbocycles. The van der Waals surface area contributed by atoms with E-state index >= 15 is 0 Å². The van der Waals surface area contributed by atoms with Gasteiger partial charge in [0.05, 0.1) is 23.1 Å². The number of rotatable bonds is 3. The van der Waals surface area contributed by atoms with Crippen molar-refractivity contribution >= 4 is 16.9 Å². The molecule has 18 heavy (non-hydrogen) atoms. The van der Waals surface area contributed by atoms with Crippen LogP contribution in [0.25, 0.3) is 11.0 Å². The van der Waals surface area contributed by atoms with Gasteiger partial charge in [0, 0.05) is 0 Å². The smallest absolute Gasteiger partial charge is 0.323 e. The summed E-state index contributed by atoms with van der Waals surface area (Å²) in [5.41, 5.74) is 7.63. The quantitative estimate of drug-likeness (QED) is 0.631. The fourth-order valence-electron chi connectivity index (χ4n) is 1.75. The summed E-state index contributed by atoms with van der Waals surface area (Å²) in [4.78, 5) is 28.0. The Morgan fingerprint density at radius 3 is 2.61 bits per heavy atom. The second-order valence-electron chi connectivity index (χ2n) is 4.40. The molecule has 2 aromatic rings. The Morgan fingerprint density at radius 2 is 1.94 bits per heavy atom. The summed E-state index contributed by atoms with van der Waals surface area (Å²) in [6, 6.07) is 4.80. The molecule has 6 nitrogen and oxygen atoms in total. The topological polar surface area (TPSA) is 104 Å². The summed E-state index contributed by atoms with van der Waals surface area (Å²) in [5.74, 6) is -0.204. The number of benzene rings is 1. The molecular weight excluding hydrogens is 232 g/mol. The third-order valence-corrected chi connectivity index (χ3v) is 2.81. The Kier molecular flexibility index (Phi) is 3.20. The number of H-pyrrole nitrogens is 2. The summed E-state index contributed by atoms with van der Waals surface area (Å²) in [7, 11) is 0. The highest BCUT2D eigenvalue weighted by atomic mass is 16.2. The Balaban J connectivity index is 2.24. The molecule has 0 spiro atoms. The number of hydrogen-bond donors (Lipinski definition) is 4. The fourth-order valence-corrected chi connectivity index (χ4v) is 1.75. The Bertz CT molecular complexity index is 626. The van der Waals surface area contributed by atoms with Gasteiger partial charge in [-0.3, -0.25) is 4.79 Å². The molecule has 1 unspecified atom stereocenters. The lowest BCUT2D eigenvalue weighted by atomic mass is 10.1. The maximum Gasteiger partial charge on any atom is 0.323 e. The number of carbonyl (C=O) groups is 1. The summed E-state index contributed by atoms with van der Waals surface area (Å²) < 4.78 is 0. The molecule has 0 aliphatic rings. The first-order chi connectivity index (χ1) is 8.47. The zero-order chi connectivity index (χ0) is 13.3. The molecule has 0 radical (unpaired) electrons. The van der Waals surface area contributed by atoms with E-state index in [9.17, 15) is 9.59 Å². The van der Waals surface area contributed by atoms with Gasteiger partial charge in [-0.2, -0.15) is 0 Å². The number of hydrogen-bond acceptors (Lipinski definition) is 3. The van der Waals surface area contributed by atoms with Gasteiger partial charge in [0.1, 0.15) is 0 Å². The minimum atomic E-state index is -0.539. The highest BCUT2D eigenvalue weighted by molar-refractivity contribution is 5.81. The van der Waals surface area contributed by atoms with Gasteiger partial charge in [-0.1, -0.05) is 6.07 Å². The van der Waals surface area contributed by atoms with Crippen LogP contribution in [0.2, 0.25) is 0 Å². The second kappa shape index (κ2) is 4.66. The molecule has 0 bridgehead atoms. The molecule has 96 valence electrons. The van der Waals surface area contributed by atoms with E-state index in [0.29, 0.717) is 0 Å². The first-order valence-electron chi connectivity index (χ1n) is 5.75. The fraction of sp³-hybridized carbons (Fsp3) is 0.333. The van der Waals surface area contributed by atoms with Gasteiger partial charge in [0.2, 0.25) is 5.91 Å². The van der Waals surface area contributed by atoms with Crippen LogP contribution >= 0.6 is 0 Å². The normalized spacial score (nSPS) is 14.4. The number of aromatic amines is 2. The van der Waals surface area contributed by atoms with Gasteiger partial charge in [-0.15, -0.1) is 0 Å². The maximum atomic E-state index is 11.5. The summed E-state index contributed by atoms with van der Waals surface area (Å²) in [5, 5.41) is 2.80. The molecule has 6 heteroatoms. The van der Waals surface area contributed by atoms with Crippen molar-refractivity contribution in [3.63, 3.8) is 0 Å². The average Bonchev–Trinajstić information content (AvgIpc) is 2.67. The van der Waals surface area contributed by atoms with Gasteiger partial charge in [0.15, 0.2) is 0 Å². The lowest BCUT2D eigenvalue weighted by Gasteiger charge is -2.15. The van der Waals surface area contributed by atoms with Crippen LogP contribution in [-0.2, 0) is 4.79 Å². The van der Waals surface area contributed by atoms with Crippen molar-refractivity contribution in [2.75, 3.05) is 0 Å². The van der Waals surface area contributed by atoms with Gasteiger partial charge >= 0.3 is 5.69 Å². The molecule has 0 aliphatic carbocycles. The van der Waals surface area contributed by atoms with Crippen LogP contribution in [-0.4, -0.2) is 21.9 Å². The minimum absolute atomic E-state index is 0.161. The molecular formula is C12H16N4O2. The predicted molar refractivity (Wildman–Crippen MR) is 69.1 cm³/mol. The predicted octanol–water partition coefficient (Wildman–Crippen LogP) is 0.381. The van der Waals surface area contributed by atoms with E-state index in [-0.39, 0.29) is 17.6 Å². The number of fused-ring (bicyclic) bond motifs is 1. The number of nitrogens with one attached hydrogen (secondary N) is 3. The SMILES string of the molecule is CC(NC(=O)[C@H](C)N)c1ccc2[nH]c(=O)[nH]c2c1. The summed E-state index contributed by atoms with van der Waals surface area (Å²) >= 11 is 0. The van der Waals surface area contributed by atoms with Gasteiger partial charge in [-0.05, 0) is 31.5 Å². The van der Waals surface area contributed by atoms with Crippen molar-refractivity contribution in [1.29, 1.82) is 0 Å². The largest absolute Gasteiger partial charge is 0.348 e. The number of carbonyl (C=O) groups excluding carboxylic acids is 1. The highest BCUT2D eigenvalue weighted by Crippen LogP contribution is 2.16.